The van der Waals surface area contributed by atoms with E-state index >= 15 is 0 Å². The van der Waals surface area contributed by atoms with Gasteiger partial charge in [0.1, 0.15) is 5.82 Å². The second kappa shape index (κ2) is 14.4. The van der Waals surface area contributed by atoms with Crippen molar-refractivity contribution in [1.82, 2.24) is 15.0 Å². The van der Waals surface area contributed by atoms with E-state index in [0.717, 1.165) is 27.8 Å². The Kier molecular flexibility index (Phi) is 8.02. The number of aromatic nitrogens is 3. The van der Waals surface area contributed by atoms with E-state index < -0.39 is 33.5 Å². The fraction of sp³-hybridized carbons (Fsp3) is 0.195. The first-order chi connectivity index (χ1) is 25.2. The molecule has 4 heterocycles. The molecule has 7 heteroatoms. The molecule has 0 N–H and O–H groups in total. The molecular formula is C41H38FIrN3OSi-2. The van der Waals surface area contributed by atoms with Crippen LogP contribution in [0.25, 0.3) is 55.7 Å². The summed E-state index contributed by atoms with van der Waals surface area (Å²) in [4.78, 5) is 13.1. The molecule has 0 atom stereocenters. The fourth-order valence-corrected chi connectivity index (χ4v) is 6.99. The maximum Gasteiger partial charge on any atom is 0.216 e. The smallest absolute Gasteiger partial charge is 0.216 e. The molecule has 4 nitrogen and oxygen atoms in total. The molecule has 0 saturated heterocycles. The zero-order chi connectivity index (χ0) is 39.2. The van der Waals surface area contributed by atoms with Crippen molar-refractivity contribution in [2.45, 2.75) is 53.1 Å². The Balaban J connectivity index is 0.000000213. The Morgan fingerprint density at radius 1 is 0.875 bits per heavy atom. The third-order valence-electron chi connectivity index (χ3n) is 7.83. The SMILES string of the molecule is [2H]C([2H])([2H])c1c[c-]c(-c2cc(C([2H])(C)C)c([Si](C)(C)C)cn2)cc1.[2H]C([2H])([2H])c1ccc2c(n1)oc1c(-c3cc(F)c(-c4ccccc4)cn3)[c-]ccc12.[Ir]. The number of halogens is 1. The number of aryl methyl sites for hydroxylation is 2. The molecule has 0 aliphatic rings. The van der Waals surface area contributed by atoms with Gasteiger partial charge in [-0.25, -0.2) is 9.37 Å². The average Bonchev–Trinajstić information content (AvgIpc) is 3.49. The van der Waals surface area contributed by atoms with E-state index in [-0.39, 0.29) is 37.1 Å². The van der Waals surface area contributed by atoms with Crippen LogP contribution < -0.4 is 5.19 Å². The van der Waals surface area contributed by atoms with Crippen molar-refractivity contribution in [2.75, 3.05) is 0 Å². The van der Waals surface area contributed by atoms with Crippen molar-refractivity contribution in [3.8, 4) is 33.6 Å². The van der Waals surface area contributed by atoms with Gasteiger partial charge in [-0.05, 0) is 53.1 Å². The van der Waals surface area contributed by atoms with Crippen LogP contribution in [0.3, 0.4) is 0 Å². The van der Waals surface area contributed by atoms with Crippen LogP contribution in [-0.2, 0) is 20.1 Å². The topological polar surface area (TPSA) is 51.8 Å². The van der Waals surface area contributed by atoms with E-state index in [9.17, 15) is 4.39 Å². The van der Waals surface area contributed by atoms with Gasteiger partial charge in [0.2, 0.25) is 5.71 Å². The van der Waals surface area contributed by atoms with Crippen LogP contribution in [-0.4, -0.2) is 23.0 Å². The molecule has 0 bridgehead atoms. The summed E-state index contributed by atoms with van der Waals surface area (Å²) in [6, 6.07) is 30.1. The summed E-state index contributed by atoms with van der Waals surface area (Å²) in [5, 5.41) is 2.60. The van der Waals surface area contributed by atoms with Crippen LogP contribution in [0.4, 0.5) is 4.39 Å². The molecule has 0 aliphatic heterocycles. The second-order valence-electron chi connectivity index (χ2n) is 12.5. The Morgan fingerprint density at radius 2 is 1.67 bits per heavy atom. The quantitative estimate of drug-likeness (QED) is 0.128. The minimum atomic E-state index is -2.33. The van der Waals surface area contributed by atoms with Gasteiger partial charge in [-0.2, -0.15) is 0 Å². The summed E-state index contributed by atoms with van der Waals surface area (Å²) >= 11 is 0. The Hall–Kier alpha value is -4.29. The van der Waals surface area contributed by atoms with Crippen molar-refractivity contribution < 1.29 is 38.5 Å². The van der Waals surface area contributed by atoms with E-state index in [1.165, 1.54) is 29.6 Å². The summed E-state index contributed by atoms with van der Waals surface area (Å²) in [6.45, 7) is 6.05. The maximum atomic E-state index is 14.9. The minimum Gasteiger partial charge on any atom is -0.486 e. The summed E-state index contributed by atoms with van der Waals surface area (Å²) in [6.07, 6.45) is 3.37. The molecular weight excluding hydrogens is 790 g/mol. The minimum absolute atomic E-state index is 0. The first-order valence-electron chi connectivity index (χ1n) is 18.7. The van der Waals surface area contributed by atoms with E-state index in [0.29, 0.717) is 27.8 Å². The monoisotopic (exact) mass is 835 g/mol. The molecule has 7 rings (SSSR count). The van der Waals surface area contributed by atoms with Crippen LogP contribution in [0, 0.1) is 31.7 Å². The van der Waals surface area contributed by atoms with E-state index in [2.05, 4.69) is 46.7 Å². The van der Waals surface area contributed by atoms with Crippen LogP contribution in [0.1, 0.15) is 46.2 Å². The predicted molar refractivity (Wildman–Crippen MR) is 194 cm³/mol. The molecule has 7 aromatic rings. The third kappa shape index (κ3) is 7.39. The number of fused-ring (bicyclic) bond motifs is 3. The third-order valence-corrected chi connectivity index (χ3v) is 9.85. The van der Waals surface area contributed by atoms with Gasteiger partial charge in [-0.3, -0.25) is 0 Å². The average molecular weight is 835 g/mol. The summed E-state index contributed by atoms with van der Waals surface area (Å²) in [5.41, 5.74) is 5.32. The zero-order valence-electron chi connectivity index (χ0n) is 34.2. The van der Waals surface area contributed by atoms with Gasteiger partial charge in [0.25, 0.3) is 0 Å². The van der Waals surface area contributed by atoms with Crippen molar-refractivity contribution >= 4 is 35.3 Å². The molecule has 0 fully saturated rings. The molecule has 0 unspecified atom stereocenters. The van der Waals surface area contributed by atoms with Crippen LogP contribution in [0.5, 0.6) is 0 Å². The fourth-order valence-electron chi connectivity index (χ4n) is 5.41. The molecule has 1 radical (unpaired) electrons. The van der Waals surface area contributed by atoms with Gasteiger partial charge in [0, 0.05) is 58.7 Å². The number of hydrogen-bond acceptors (Lipinski definition) is 4. The van der Waals surface area contributed by atoms with Gasteiger partial charge in [0.15, 0.2) is 0 Å². The van der Waals surface area contributed by atoms with Gasteiger partial charge in [-0.15, -0.1) is 53.6 Å². The van der Waals surface area contributed by atoms with Gasteiger partial charge >= 0.3 is 0 Å². The number of hydrogen-bond donors (Lipinski definition) is 0. The number of furan rings is 1. The molecule has 48 heavy (non-hydrogen) atoms. The molecule has 4 aromatic heterocycles. The Bertz CT molecular complexity index is 2460. The maximum absolute atomic E-state index is 14.9. The van der Waals surface area contributed by atoms with E-state index in [1.807, 2.05) is 56.4 Å². The number of rotatable bonds is 5. The molecule has 0 amide bonds. The van der Waals surface area contributed by atoms with Crippen molar-refractivity contribution in [1.29, 1.82) is 0 Å². The van der Waals surface area contributed by atoms with Gasteiger partial charge < -0.3 is 14.4 Å². The van der Waals surface area contributed by atoms with Gasteiger partial charge in [0.05, 0.1) is 13.7 Å². The Morgan fingerprint density at radius 3 is 2.33 bits per heavy atom. The first kappa shape index (κ1) is 26.6. The molecule has 0 spiro atoms. The van der Waals surface area contributed by atoms with Crippen LogP contribution >= 0.6 is 0 Å². The molecule has 245 valence electrons. The number of benzene rings is 3. The number of nitrogens with zero attached hydrogens (tertiary/aromatic N) is 3. The summed E-state index contributed by atoms with van der Waals surface area (Å²) in [7, 11) is -1.61. The van der Waals surface area contributed by atoms with Crippen molar-refractivity contribution in [3.63, 3.8) is 0 Å². The summed E-state index contributed by atoms with van der Waals surface area (Å²) < 4.78 is 74.2. The zero-order valence-corrected chi connectivity index (χ0v) is 30.6. The molecule has 3 aromatic carbocycles. The summed E-state index contributed by atoms with van der Waals surface area (Å²) in [5.74, 6) is -1.12. The van der Waals surface area contributed by atoms with E-state index in [1.54, 1.807) is 30.3 Å². The largest absolute Gasteiger partial charge is 0.486 e. The van der Waals surface area contributed by atoms with Crippen LogP contribution in [0.2, 0.25) is 19.6 Å². The van der Waals surface area contributed by atoms with E-state index in [4.69, 9.17) is 14.0 Å². The van der Waals surface area contributed by atoms with Gasteiger partial charge in [-0.1, -0.05) is 93.3 Å². The molecule has 0 aliphatic carbocycles. The van der Waals surface area contributed by atoms with Crippen molar-refractivity contribution in [3.05, 3.63) is 132 Å². The molecule has 0 saturated carbocycles. The first-order valence-corrected chi connectivity index (χ1v) is 18.7. The number of pyridine rings is 3. The standard InChI is InChI=1S/C23H14FN2O.C18H24NSi.Ir/c1-14-10-11-17-16-8-5-9-18(22(16)27-23(17)26-14)21-12-20(24)19(13-25-21)15-6-3-2-4-7-15;1-13(2)16-11-17(15-9-7-14(3)8-10-15)19-12-18(16)20(4,5)6;/h2-8,10-13H,1H3;7-9,11-13H,1-6H3;/q2*-1;/i1D3;3D3,13D;. The van der Waals surface area contributed by atoms with Crippen molar-refractivity contribution in [2.24, 2.45) is 0 Å². The normalized spacial score (nSPS) is 14.2. The Labute approximate surface area is 306 Å². The predicted octanol–water partition coefficient (Wildman–Crippen LogP) is 10.5. The second-order valence-corrected chi connectivity index (χ2v) is 17.6. The van der Waals surface area contributed by atoms with Crippen LogP contribution in [0.15, 0.2) is 102 Å².